The van der Waals surface area contributed by atoms with Gasteiger partial charge in [-0.2, -0.15) is 10.4 Å². The minimum atomic E-state index is 0.290. The third-order valence-electron chi connectivity index (χ3n) is 3.06. The van der Waals surface area contributed by atoms with Crippen molar-refractivity contribution in [1.82, 2.24) is 9.78 Å². The van der Waals surface area contributed by atoms with Crippen molar-refractivity contribution in [2.75, 3.05) is 0 Å². The molecule has 0 fully saturated rings. The van der Waals surface area contributed by atoms with Crippen LogP contribution in [0.25, 0.3) is 16.9 Å². The van der Waals surface area contributed by atoms with Gasteiger partial charge in [-0.1, -0.05) is 53.5 Å². The number of hydrogen-bond donors (Lipinski definition) is 0. The molecule has 21 heavy (non-hydrogen) atoms. The summed E-state index contributed by atoms with van der Waals surface area (Å²) in [6.07, 6.45) is 0. The van der Waals surface area contributed by atoms with Gasteiger partial charge in [-0.3, -0.25) is 0 Å². The second-order valence-corrected chi connectivity index (χ2v) is 5.17. The summed E-state index contributed by atoms with van der Waals surface area (Å²) < 4.78 is 1.54. The lowest BCUT2D eigenvalue weighted by Crippen LogP contribution is -1.96. The Labute approximate surface area is 132 Å². The van der Waals surface area contributed by atoms with E-state index in [4.69, 9.17) is 23.2 Å². The Hall–Kier alpha value is -2.28. The maximum atomic E-state index is 9.36. The first-order valence-corrected chi connectivity index (χ1v) is 6.96. The largest absolute Gasteiger partial charge is 0.220 e. The van der Waals surface area contributed by atoms with E-state index in [2.05, 4.69) is 11.2 Å². The average Bonchev–Trinajstić information content (AvgIpc) is 2.86. The molecule has 3 nitrogen and oxygen atoms in total. The molecule has 0 atom stereocenters. The minimum Gasteiger partial charge on any atom is -0.220 e. The Bertz CT molecular complexity index is 815. The summed E-state index contributed by atoms with van der Waals surface area (Å²) in [5.41, 5.74) is 2.53. The smallest absolute Gasteiger partial charge is 0.151 e. The summed E-state index contributed by atoms with van der Waals surface area (Å²) in [6.45, 7) is 0. The molecule has 1 aromatic heterocycles. The standard InChI is InChI=1S/C16H9Cl2N3/c17-12-6-8-13(9-7-12)21-16(18)14(10-19)15(20-21)11-4-2-1-3-5-11/h1-9H. The molecule has 0 aliphatic rings. The fraction of sp³-hybridized carbons (Fsp3) is 0. The van der Waals surface area contributed by atoms with Gasteiger partial charge in [0, 0.05) is 10.6 Å². The van der Waals surface area contributed by atoms with Crippen LogP contribution in [0.1, 0.15) is 5.56 Å². The molecule has 0 aliphatic carbocycles. The quantitative estimate of drug-likeness (QED) is 0.687. The van der Waals surface area contributed by atoms with E-state index in [1.807, 2.05) is 30.3 Å². The molecule has 0 amide bonds. The highest BCUT2D eigenvalue weighted by Crippen LogP contribution is 2.30. The molecule has 5 heteroatoms. The Kier molecular flexibility index (Phi) is 3.66. The summed E-state index contributed by atoms with van der Waals surface area (Å²) in [5.74, 6) is 0. The molecule has 0 aliphatic heterocycles. The molecule has 0 bridgehead atoms. The molecule has 102 valence electrons. The van der Waals surface area contributed by atoms with Crippen molar-refractivity contribution in [2.24, 2.45) is 0 Å². The van der Waals surface area contributed by atoms with Crippen molar-refractivity contribution >= 4 is 23.2 Å². The topological polar surface area (TPSA) is 41.6 Å². The first-order chi connectivity index (χ1) is 10.2. The summed E-state index contributed by atoms with van der Waals surface area (Å²) in [4.78, 5) is 0. The average molecular weight is 314 g/mol. The summed E-state index contributed by atoms with van der Waals surface area (Å²) in [7, 11) is 0. The van der Waals surface area contributed by atoms with Crippen LogP contribution in [0, 0.1) is 11.3 Å². The number of rotatable bonds is 2. The van der Waals surface area contributed by atoms with Crippen molar-refractivity contribution in [2.45, 2.75) is 0 Å². The fourth-order valence-corrected chi connectivity index (χ4v) is 2.44. The van der Waals surface area contributed by atoms with Crippen molar-refractivity contribution in [1.29, 1.82) is 5.26 Å². The normalized spacial score (nSPS) is 10.3. The number of nitrogens with zero attached hydrogens (tertiary/aromatic N) is 3. The van der Waals surface area contributed by atoms with Crippen LogP contribution in [0.5, 0.6) is 0 Å². The van der Waals surface area contributed by atoms with Crippen LogP contribution >= 0.6 is 23.2 Å². The van der Waals surface area contributed by atoms with Gasteiger partial charge < -0.3 is 0 Å². The lowest BCUT2D eigenvalue weighted by Gasteiger charge is -2.02. The van der Waals surface area contributed by atoms with Gasteiger partial charge in [-0.15, -0.1) is 0 Å². The van der Waals surface area contributed by atoms with E-state index in [1.165, 1.54) is 0 Å². The molecule has 0 spiro atoms. The molecule has 0 radical (unpaired) electrons. The lowest BCUT2D eigenvalue weighted by molar-refractivity contribution is 0.885. The fourth-order valence-electron chi connectivity index (χ4n) is 2.05. The van der Waals surface area contributed by atoms with E-state index in [0.29, 0.717) is 21.4 Å². The third kappa shape index (κ3) is 2.52. The van der Waals surface area contributed by atoms with Crippen LogP contribution in [0.15, 0.2) is 54.6 Å². The zero-order valence-corrected chi connectivity index (χ0v) is 12.3. The van der Waals surface area contributed by atoms with Crippen molar-refractivity contribution < 1.29 is 0 Å². The highest BCUT2D eigenvalue weighted by atomic mass is 35.5. The zero-order chi connectivity index (χ0) is 14.8. The number of aromatic nitrogens is 2. The van der Waals surface area contributed by atoms with Gasteiger partial charge in [-0.25, -0.2) is 4.68 Å². The Balaban J connectivity index is 2.19. The highest BCUT2D eigenvalue weighted by molar-refractivity contribution is 6.31. The third-order valence-corrected chi connectivity index (χ3v) is 3.66. The predicted molar refractivity (Wildman–Crippen MR) is 83.7 cm³/mol. The van der Waals surface area contributed by atoms with Crippen molar-refractivity contribution in [3.8, 4) is 23.0 Å². The van der Waals surface area contributed by atoms with E-state index < -0.39 is 0 Å². The highest BCUT2D eigenvalue weighted by Gasteiger charge is 2.18. The maximum absolute atomic E-state index is 9.36. The molecule has 2 aromatic carbocycles. The van der Waals surface area contributed by atoms with E-state index in [9.17, 15) is 5.26 Å². The van der Waals surface area contributed by atoms with Crippen molar-refractivity contribution in [3.05, 3.63) is 70.3 Å². The van der Waals surface area contributed by atoms with E-state index in [0.717, 1.165) is 11.3 Å². The second kappa shape index (κ2) is 5.61. The van der Waals surface area contributed by atoms with Crippen molar-refractivity contribution in [3.63, 3.8) is 0 Å². The predicted octanol–water partition coefficient (Wildman–Crippen LogP) is 4.72. The van der Waals surface area contributed by atoms with Crippen LogP contribution in [0.2, 0.25) is 10.2 Å². The number of hydrogen-bond acceptors (Lipinski definition) is 2. The summed E-state index contributed by atoms with van der Waals surface area (Å²) in [5, 5.41) is 14.7. The molecule has 0 N–H and O–H groups in total. The van der Waals surface area contributed by atoms with Gasteiger partial charge >= 0.3 is 0 Å². The Morgan fingerprint density at radius 1 is 0.952 bits per heavy atom. The molecular weight excluding hydrogens is 305 g/mol. The molecule has 1 heterocycles. The molecule has 0 saturated carbocycles. The van der Waals surface area contributed by atoms with Crippen LogP contribution in [0.4, 0.5) is 0 Å². The molecular formula is C16H9Cl2N3. The van der Waals surface area contributed by atoms with Gasteiger partial charge in [0.2, 0.25) is 0 Å². The van der Waals surface area contributed by atoms with Gasteiger partial charge in [-0.05, 0) is 24.3 Å². The SMILES string of the molecule is N#Cc1c(-c2ccccc2)nn(-c2ccc(Cl)cc2)c1Cl. The minimum absolute atomic E-state index is 0.290. The lowest BCUT2D eigenvalue weighted by atomic mass is 10.1. The maximum Gasteiger partial charge on any atom is 0.151 e. The van der Waals surface area contributed by atoms with Gasteiger partial charge in [0.1, 0.15) is 17.3 Å². The van der Waals surface area contributed by atoms with Gasteiger partial charge in [0.25, 0.3) is 0 Å². The summed E-state index contributed by atoms with van der Waals surface area (Å²) >= 11 is 12.2. The number of nitriles is 1. The molecule has 0 unspecified atom stereocenters. The van der Waals surface area contributed by atoms with Gasteiger partial charge in [0.05, 0.1) is 5.69 Å². The Morgan fingerprint density at radius 2 is 1.62 bits per heavy atom. The second-order valence-electron chi connectivity index (χ2n) is 4.38. The van der Waals surface area contributed by atoms with Crippen LogP contribution < -0.4 is 0 Å². The molecule has 3 rings (SSSR count). The molecule has 0 saturated heterocycles. The van der Waals surface area contributed by atoms with E-state index in [1.54, 1.807) is 28.9 Å². The van der Waals surface area contributed by atoms with E-state index in [-0.39, 0.29) is 0 Å². The van der Waals surface area contributed by atoms with Crippen LogP contribution in [-0.4, -0.2) is 9.78 Å². The van der Waals surface area contributed by atoms with E-state index >= 15 is 0 Å². The molecule has 3 aromatic rings. The van der Waals surface area contributed by atoms with Crippen LogP contribution in [0.3, 0.4) is 0 Å². The van der Waals surface area contributed by atoms with Gasteiger partial charge in [0.15, 0.2) is 5.15 Å². The first-order valence-electron chi connectivity index (χ1n) is 6.20. The Morgan fingerprint density at radius 3 is 2.24 bits per heavy atom. The first kappa shape index (κ1) is 13.7. The summed E-state index contributed by atoms with van der Waals surface area (Å²) in [6, 6.07) is 18.7. The zero-order valence-electron chi connectivity index (χ0n) is 10.8. The monoisotopic (exact) mass is 313 g/mol. The number of benzene rings is 2. The van der Waals surface area contributed by atoms with Crippen LogP contribution in [-0.2, 0) is 0 Å². The number of halogens is 2.